The highest BCUT2D eigenvalue weighted by molar-refractivity contribution is 6.04. The molecule has 0 aliphatic rings. The van der Waals surface area contributed by atoms with Crippen LogP contribution in [0.3, 0.4) is 0 Å². The Morgan fingerprint density at radius 3 is 2.42 bits per heavy atom. The van der Waals surface area contributed by atoms with Crippen LogP contribution in [0.15, 0.2) is 66.7 Å². The van der Waals surface area contributed by atoms with Gasteiger partial charge in [0.05, 0.1) is 12.2 Å². The van der Waals surface area contributed by atoms with E-state index < -0.39 is 17.6 Å². The van der Waals surface area contributed by atoms with Crippen LogP contribution in [0.4, 0.5) is 18.9 Å². The molecule has 0 aliphatic carbocycles. The fourth-order valence-corrected chi connectivity index (χ4v) is 2.98. The summed E-state index contributed by atoms with van der Waals surface area (Å²) in [5.74, 6) is 0.759. The highest BCUT2D eigenvalue weighted by Gasteiger charge is 2.30. The number of rotatable bonds is 7. The first kappa shape index (κ1) is 22.2. The van der Waals surface area contributed by atoms with E-state index in [1.54, 1.807) is 18.2 Å². The smallest absolute Gasteiger partial charge is 0.416 e. The quantitative estimate of drug-likeness (QED) is 0.483. The van der Waals surface area contributed by atoms with Crippen LogP contribution in [0.2, 0.25) is 0 Å². The largest absolute Gasteiger partial charge is 0.493 e. The zero-order valence-corrected chi connectivity index (χ0v) is 17.1. The summed E-state index contributed by atoms with van der Waals surface area (Å²) in [6, 6.07) is 16.9. The van der Waals surface area contributed by atoms with E-state index in [9.17, 15) is 18.0 Å². The Bertz CT molecular complexity index is 1060. The molecule has 0 fully saturated rings. The van der Waals surface area contributed by atoms with Crippen molar-refractivity contribution in [1.82, 2.24) is 0 Å². The number of carbonyl (C=O) groups is 1. The number of benzene rings is 3. The topological polar surface area (TPSA) is 47.6 Å². The van der Waals surface area contributed by atoms with Gasteiger partial charge in [0.25, 0.3) is 5.91 Å². The molecule has 0 heterocycles. The second kappa shape index (κ2) is 9.55. The summed E-state index contributed by atoms with van der Waals surface area (Å²) in [7, 11) is 0. The molecule has 0 unspecified atom stereocenters. The fourth-order valence-electron chi connectivity index (χ4n) is 2.98. The molecule has 0 saturated heterocycles. The highest BCUT2D eigenvalue weighted by Crippen LogP contribution is 2.31. The van der Waals surface area contributed by atoms with Crippen molar-refractivity contribution in [2.24, 2.45) is 0 Å². The molecule has 0 atom stereocenters. The van der Waals surface area contributed by atoms with Crippen molar-refractivity contribution in [1.29, 1.82) is 0 Å². The zero-order valence-electron chi connectivity index (χ0n) is 17.1. The predicted molar refractivity (Wildman–Crippen MR) is 113 cm³/mol. The molecule has 0 bridgehead atoms. The van der Waals surface area contributed by atoms with Gasteiger partial charge < -0.3 is 14.8 Å². The van der Waals surface area contributed by atoms with E-state index in [-0.39, 0.29) is 17.9 Å². The molecule has 0 aromatic heterocycles. The average molecular weight is 429 g/mol. The Morgan fingerprint density at radius 1 is 0.935 bits per heavy atom. The van der Waals surface area contributed by atoms with Crippen LogP contribution in [0.5, 0.6) is 11.5 Å². The molecule has 3 aromatic carbocycles. The number of hydrogen-bond donors (Lipinski definition) is 1. The van der Waals surface area contributed by atoms with Crippen molar-refractivity contribution in [2.45, 2.75) is 26.6 Å². The van der Waals surface area contributed by atoms with Gasteiger partial charge in [0, 0.05) is 16.8 Å². The van der Waals surface area contributed by atoms with Crippen LogP contribution in [0.1, 0.15) is 34.0 Å². The minimum Gasteiger partial charge on any atom is -0.493 e. The number of para-hydroxylation sites is 1. The average Bonchev–Trinajstić information content (AvgIpc) is 2.73. The Morgan fingerprint density at radius 2 is 1.71 bits per heavy atom. The molecule has 162 valence electrons. The van der Waals surface area contributed by atoms with Gasteiger partial charge in [-0.25, -0.2) is 0 Å². The molecule has 7 heteroatoms. The van der Waals surface area contributed by atoms with E-state index in [0.29, 0.717) is 23.7 Å². The van der Waals surface area contributed by atoms with Gasteiger partial charge in [-0.15, -0.1) is 0 Å². The molecule has 31 heavy (non-hydrogen) atoms. The molecule has 1 amide bonds. The van der Waals surface area contributed by atoms with Crippen molar-refractivity contribution in [3.8, 4) is 11.5 Å². The van der Waals surface area contributed by atoms with Crippen LogP contribution in [0.25, 0.3) is 0 Å². The zero-order chi connectivity index (χ0) is 22.4. The molecule has 4 nitrogen and oxygen atoms in total. The summed E-state index contributed by atoms with van der Waals surface area (Å²) in [5, 5.41) is 2.51. The van der Waals surface area contributed by atoms with E-state index in [1.807, 2.05) is 38.1 Å². The number of carbonyl (C=O) groups excluding carboxylic acids is 1. The Balaban J connectivity index is 1.80. The Hall–Kier alpha value is -3.48. The van der Waals surface area contributed by atoms with E-state index >= 15 is 0 Å². The van der Waals surface area contributed by atoms with E-state index in [1.165, 1.54) is 12.1 Å². The molecule has 1 N–H and O–H groups in total. The van der Waals surface area contributed by atoms with Crippen LogP contribution in [-0.2, 0) is 12.8 Å². The van der Waals surface area contributed by atoms with Crippen molar-refractivity contribution in [3.05, 3.63) is 89.0 Å². The molecule has 3 rings (SSSR count). The summed E-state index contributed by atoms with van der Waals surface area (Å²) in [5.41, 5.74) is 1.14. The summed E-state index contributed by atoms with van der Waals surface area (Å²) >= 11 is 0. The van der Waals surface area contributed by atoms with Crippen molar-refractivity contribution in [3.63, 3.8) is 0 Å². The SMILES string of the molecule is CCOc1ccc(C(=O)Nc2cccc(C(F)(F)F)c2)cc1COc1ccccc1C. The third kappa shape index (κ3) is 5.78. The second-order valence-electron chi connectivity index (χ2n) is 6.84. The van der Waals surface area contributed by atoms with E-state index in [2.05, 4.69) is 5.32 Å². The van der Waals surface area contributed by atoms with E-state index in [4.69, 9.17) is 9.47 Å². The first-order valence-corrected chi connectivity index (χ1v) is 9.70. The number of hydrogen-bond acceptors (Lipinski definition) is 3. The number of alkyl halides is 3. The maximum atomic E-state index is 12.9. The normalized spacial score (nSPS) is 11.1. The number of ether oxygens (including phenoxy) is 2. The fraction of sp³-hybridized carbons (Fsp3) is 0.208. The first-order chi connectivity index (χ1) is 14.8. The predicted octanol–water partition coefficient (Wildman–Crippen LogP) is 6.24. The van der Waals surface area contributed by atoms with Gasteiger partial charge in [-0.3, -0.25) is 4.79 Å². The lowest BCUT2D eigenvalue weighted by Gasteiger charge is -2.15. The third-order valence-corrected chi connectivity index (χ3v) is 4.55. The summed E-state index contributed by atoms with van der Waals surface area (Å²) < 4.78 is 50.2. The van der Waals surface area contributed by atoms with E-state index in [0.717, 1.165) is 17.7 Å². The van der Waals surface area contributed by atoms with Gasteiger partial charge in [-0.05, 0) is 61.9 Å². The molecule has 3 aromatic rings. The standard InChI is InChI=1S/C24H22F3NO3/c1-3-30-22-12-11-17(13-18(22)15-31-21-10-5-4-7-16(21)2)23(29)28-20-9-6-8-19(14-20)24(25,26)27/h4-14H,3,15H2,1-2H3,(H,28,29). The minimum absolute atomic E-state index is 0.0615. The summed E-state index contributed by atoms with van der Waals surface area (Å²) in [6.45, 7) is 4.38. The number of amides is 1. The molecule has 0 saturated carbocycles. The van der Waals surface area contributed by atoms with Gasteiger partial charge in [0.2, 0.25) is 0 Å². The molecule has 0 aliphatic heterocycles. The molecular formula is C24H22F3NO3. The van der Waals surface area contributed by atoms with Gasteiger partial charge in [0.15, 0.2) is 0 Å². The summed E-state index contributed by atoms with van der Waals surface area (Å²) in [4.78, 5) is 12.7. The van der Waals surface area contributed by atoms with Crippen LogP contribution >= 0.6 is 0 Å². The van der Waals surface area contributed by atoms with Crippen molar-refractivity contribution < 1.29 is 27.4 Å². The van der Waals surface area contributed by atoms with Crippen LogP contribution in [0, 0.1) is 6.92 Å². The van der Waals surface area contributed by atoms with Crippen LogP contribution < -0.4 is 14.8 Å². The lowest BCUT2D eigenvalue weighted by atomic mass is 10.1. The Labute approximate surface area is 178 Å². The van der Waals surface area contributed by atoms with Crippen LogP contribution in [-0.4, -0.2) is 12.5 Å². The Kier molecular flexibility index (Phi) is 6.84. The van der Waals surface area contributed by atoms with Crippen molar-refractivity contribution >= 4 is 11.6 Å². The second-order valence-corrected chi connectivity index (χ2v) is 6.84. The number of anilines is 1. The lowest BCUT2D eigenvalue weighted by molar-refractivity contribution is -0.137. The highest BCUT2D eigenvalue weighted by atomic mass is 19.4. The van der Waals surface area contributed by atoms with Gasteiger partial charge in [0.1, 0.15) is 18.1 Å². The maximum Gasteiger partial charge on any atom is 0.416 e. The van der Waals surface area contributed by atoms with Gasteiger partial charge in [-0.1, -0.05) is 24.3 Å². The molecule has 0 spiro atoms. The molecule has 0 radical (unpaired) electrons. The monoisotopic (exact) mass is 429 g/mol. The number of aryl methyl sites for hydroxylation is 1. The lowest BCUT2D eigenvalue weighted by Crippen LogP contribution is -2.14. The maximum absolute atomic E-state index is 12.9. The first-order valence-electron chi connectivity index (χ1n) is 9.70. The summed E-state index contributed by atoms with van der Waals surface area (Å²) in [6.07, 6.45) is -4.49. The number of nitrogens with one attached hydrogen (secondary N) is 1. The van der Waals surface area contributed by atoms with Gasteiger partial charge in [-0.2, -0.15) is 13.2 Å². The van der Waals surface area contributed by atoms with Gasteiger partial charge >= 0.3 is 6.18 Å². The van der Waals surface area contributed by atoms with Crippen molar-refractivity contribution in [2.75, 3.05) is 11.9 Å². The molecular weight excluding hydrogens is 407 g/mol. The number of halogens is 3. The minimum atomic E-state index is -4.49. The third-order valence-electron chi connectivity index (χ3n) is 4.55.